The number of nitrogens with one attached hydrogen (secondary N) is 2. The van der Waals surface area contributed by atoms with Gasteiger partial charge in [-0.1, -0.05) is 6.92 Å². The summed E-state index contributed by atoms with van der Waals surface area (Å²) in [6.07, 6.45) is 0. The van der Waals surface area contributed by atoms with Crippen LogP contribution in [0.5, 0.6) is 0 Å². The average molecular weight is 320 g/mol. The van der Waals surface area contributed by atoms with Gasteiger partial charge < -0.3 is 10.6 Å². The number of rotatable bonds is 0. The van der Waals surface area contributed by atoms with Crippen molar-refractivity contribution in [3.05, 3.63) is 21.5 Å². The maximum Gasteiger partial charge on any atom is 0.138 e. The Morgan fingerprint density at radius 3 is 2.80 bits per heavy atom. The van der Waals surface area contributed by atoms with E-state index >= 15 is 0 Å². The summed E-state index contributed by atoms with van der Waals surface area (Å²) in [6.45, 7) is 5.22. The van der Waals surface area contributed by atoms with Gasteiger partial charge in [-0.3, -0.25) is 0 Å². The fraction of sp³-hybridized carbons (Fsp3) is 0.455. The summed E-state index contributed by atoms with van der Waals surface area (Å²) in [6, 6.07) is 3.78. The number of benzene rings is 1. The van der Waals surface area contributed by atoms with Crippen molar-refractivity contribution in [2.45, 2.75) is 19.9 Å². The van der Waals surface area contributed by atoms with Gasteiger partial charge in [0.05, 0.1) is 14.9 Å². The molecule has 0 amide bonds. The monoisotopic (exact) mass is 320 g/mol. The third kappa shape index (κ3) is 2.19. The van der Waals surface area contributed by atoms with Gasteiger partial charge in [-0.2, -0.15) is 0 Å². The minimum absolute atomic E-state index is 0.162. The highest BCUT2D eigenvalue weighted by molar-refractivity contribution is 14.1. The Morgan fingerprint density at radius 1 is 1.33 bits per heavy atom. The Labute approximate surface area is 103 Å². The number of hydrogen-bond donors (Lipinski definition) is 2. The van der Waals surface area contributed by atoms with Gasteiger partial charge in [-0.05, 0) is 41.5 Å². The van der Waals surface area contributed by atoms with Crippen LogP contribution in [0.4, 0.5) is 15.8 Å². The molecule has 2 atom stereocenters. The Morgan fingerprint density at radius 2 is 2.07 bits per heavy atom. The first-order chi connectivity index (χ1) is 7.08. The third-order valence-electron chi connectivity index (χ3n) is 2.91. The molecular weight excluding hydrogens is 306 g/mol. The second kappa shape index (κ2) is 4.15. The Balaban J connectivity index is 2.39. The highest BCUT2D eigenvalue weighted by Crippen LogP contribution is 2.30. The van der Waals surface area contributed by atoms with E-state index in [0.717, 1.165) is 17.9 Å². The van der Waals surface area contributed by atoms with Gasteiger partial charge in [0.25, 0.3) is 0 Å². The number of anilines is 2. The molecule has 2 unspecified atom stereocenters. The largest absolute Gasteiger partial charge is 0.383 e. The quantitative estimate of drug-likeness (QED) is 0.717. The maximum atomic E-state index is 13.4. The van der Waals surface area contributed by atoms with Gasteiger partial charge in [0.2, 0.25) is 0 Å². The van der Waals surface area contributed by atoms with Crippen LogP contribution in [-0.4, -0.2) is 12.6 Å². The third-order valence-corrected chi connectivity index (χ3v) is 3.74. The lowest BCUT2D eigenvalue weighted by molar-refractivity contribution is 0.542. The van der Waals surface area contributed by atoms with Crippen molar-refractivity contribution < 1.29 is 4.39 Å². The van der Waals surface area contributed by atoms with Gasteiger partial charge in [0.1, 0.15) is 5.82 Å². The van der Waals surface area contributed by atoms with E-state index in [9.17, 15) is 4.39 Å². The standard InChI is InChI=1S/C11H14FIN2/c1-6-5-14-10-4-9(13)8(12)3-11(10)15-7(6)2/h3-4,6-7,14-15H,5H2,1-2H3. The molecule has 0 saturated carbocycles. The molecule has 1 aromatic carbocycles. The lowest BCUT2D eigenvalue weighted by atomic mass is 10.0. The molecule has 2 nitrogen and oxygen atoms in total. The minimum Gasteiger partial charge on any atom is -0.383 e. The van der Waals surface area contributed by atoms with E-state index < -0.39 is 0 Å². The predicted octanol–water partition coefficient (Wildman–Crippen LogP) is 3.29. The smallest absolute Gasteiger partial charge is 0.138 e. The van der Waals surface area contributed by atoms with Gasteiger partial charge in [-0.25, -0.2) is 4.39 Å². The normalized spacial score (nSPS) is 24.8. The van der Waals surface area contributed by atoms with E-state index in [2.05, 4.69) is 24.5 Å². The predicted molar refractivity (Wildman–Crippen MR) is 69.9 cm³/mol. The van der Waals surface area contributed by atoms with Gasteiger partial charge in [0.15, 0.2) is 0 Å². The number of halogens is 2. The second-order valence-corrected chi connectivity index (χ2v) is 5.27. The zero-order valence-corrected chi connectivity index (χ0v) is 10.9. The molecule has 0 bridgehead atoms. The number of hydrogen-bond acceptors (Lipinski definition) is 2. The van der Waals surface area contributed by atoms with E-state index in [0.29, 0.717) is 15.5 Å². The minimum atomic E-state index is -0.162. The van der Waals surface area contributed by atoms with E-state index in [1.165, 1.54) is 0 Å². The fourth-order valence-electron chi connectivity index (χ4n) is 1.65. The maximum absolute atomic E-state index is 13.4. The van der Waals surface area contributed by atoms with Gasteiger partial charge in [-0.15, -0.1) is 0 Å². The summed E-state index contributed by atoms with van der Waals surface area (Å²) in [7, 11) is 0. The van der Waals surface area contributed by atoms with Gasteiger partial charge in [0, 0.05) is 18.7 Å². The summed E-state index contributed by atoms with van der Waals surface area (Å²) in [5.41, 5.74) is 1.86. The number of fused-ring (bicyclic) bond motifs is 1. The first-order valence-electron chi connectivity index (χ1n) is 5.07. The van der Waals surface area contributed by atoms with E-state index in [-0.39, 0.29) is 5.82 Å². The Kier molecular flexibility index (Phi) is 3.04. The van der Waals surface area contributed by atoms with Crippen molar-refractivity contribution in [1.82, 2.24) is 0 Å². The van der Waals surface area contributed by atoms with E-state index in [4.69, 9.17) is 0 Å². The van der Waals surface area contributed by atoms with Crippen LogP contribution in [0.3, 0.4) is 0 Å². The molecule has 1 aliphatic rings. The highest BCUT2D eigenvalue weighted by atomic mass is 127. The van der Waals surface area contributed by atoms with Crippen molar-refractivity contribution in [2.24, 2.45) is 5.92 Å². The topological polar surface area (TPSA) is 24.1 Å². The summed E-state index contributed by atoms with van der Waals surface area (Å²) in [5, 5.41) is 6.67. The molecule has 0 fully saturated rings. The highest BCUT2D eigenvalue weighted by Gasteiger charge is 2.19. The lowest BCUT2D eigenvalue weighted by Crippen LogP contribution is -2.25. The molecule has 1 heterocycles. The first kappa shape index (κ1) is 11.0. The van der Waals surface area contributed by atoms with Crippen LogP contribution in [0.1, 0.15) is 13.8 Å². The molecular formula is C11H14FIN2. The van der Waals surface area contributed by atoms with Crippen LogP contribution in [-0.2, 0) is 0 Å². The molecule has 2 N–H and O–H groups in total. The second-order valence-electron chi connectivity index (χ2n) is 4.10. The molecule has 4 heteroatoms. The SMILES string of the molecule is CC1CNc2cc(I)c(F)cc2NC1C. The Bertz CT molecular complexity index is 381. The summed E-state index contributed by atoms with van der Waals surface area (Å²) >= 11 is 2.01. The lowest BCUT2D eigenvalue weighted by Gasteiger charge is -2.17. The van der Waals surface area contributed by atoms with Crippen LogP contribution >= 0.6 is 22.6 Å². The first-order valence-corrected chi connectivity index (χ1v) is 6.15. The molecule has 1 aliphatic heterocycles. The van der Waals surface area contributed by atoms with Crippen LogP contribution in [0.15, 0.2) is 12.1 Å². The van der Waals surface area contributed by atoms with Gasteiger partial charge >= 0.3 is 0 Å². The molecule has 1 aromatic rings. The van der Waals surface area contributed by atoms with E-state index in [1.54, 1.807) is 6.07 Å². The summed E-state index contributed by atoms with van der Waals surface area (Å²) < 4.78 is 14.0. The zero-order chi connectivity index (χ0) is 11.0. The Hall–Kier alpha value is -0.520. The van der Waals surface area contributed by atoms with E-state index in [1.807, 2.05) is 28.7 Å². The van der Waals surface area contributed by atoms with Crippen LogP contribution in [0.25, 0.3) is 0 Å². The van der Waals surface area contributed by atoms with Crippen molar-refractivity contribution >= 4 is 34.0 Å². The van der Waals surface area contributed by atoms with Crippen molar-refractivity contribution in [3.63, 3.8) is 0 Å². The van der Waals surface area contributed by atoms with Crippen LogP contribution in [0, 0.1) is 15.3 Å². The molecule has 15 heavy (non-hydrogen) atoms. The molecule has 2 rings (SSSR count). The zero-order valence-electron chi connectivity index (χ0n) is 8.77. The molecule has 0 radical (unpaired) electrons. The van der Waals surface area contributed by atoms with Crippen molar-refractivity contribution in [3.8, 4) is 0 Å². The summed E-state index contributed by atoms with van der Waals surface area (Å²) in [5.74, 6) is 0.364. The molecule has 0 saturated heterocycles. The summed E-state index contributed by atoms with van der Waals surface area (Å²) in [4.78, 5) is 0. The van der Waals surface area contributed by atoms with Crippen LogP contribution < -0.4 is 10.6 Å². The van der Waals surface area contributed by atoms with Crippen molar-refractivity contribution in [1.29, 1.82) is 0 Å². The molecule has 0 aromatic heterocycles. The molecule has 0 spiro atoms. The fourth-order valence-corrected chi connectivity index (χ4v) is 2.11. The van der Waals surface area contributed by atoms with Crippen molar-refractivity contribution in [2.75, 3.05) is 17.2 Å². The molecule has 82 valence electrons. The molecule has 0 aliphatic carbocycles. The average Bonchev–Trinajstić information content (AvgIpc) is 2.31. The van der Waals surface area contributed by atoms with Crippen LogP contribution in [0.2, 0.25) is 0 Å².